The fraction of sp³-hybridized carbons (Fsp3) is 0.243. The van der Waals surface area contributed by atoms with Gasteiger partial charge in [-0.1, -0.05) is 193 Å². The van der Waals surface area contributed by atoms with Crippen LogP contribution in [0.5, 0.6) is 0 Å². The van der Waals surface area contributed by atoms with E-state index in [4.69, 9.17) is 9.97 Å². The maximum atomic E-state index is 5.12. The molecule has 0 fully saturated rings. The second kappa shape index (κ2) is 34.4. The zero-order valence-corrected chi connectivity index (χ0v) is 67.6. The van der Waals surface area contributed by atoms with Gasteiger partial charge in [-0.15, -0.1) is 0 Å². The average Bonchev–Trinajstić information content (AvgIpc) is 1.82. The molecule has 0 amide bonds. The number of hydrogen-bond donors (Lipinski definition) is 0. The van der Waals surface area contributed by atoms with E-state index in [1.165, 1.54) is 139 Å². The van der Waals surface area contributed by atoms with Crippen LogP contribution >= 0.6 is 0 Å². The summed E-state index contributed by atoms with van der Waals surface area (Å²) >= 11 is 0. The van der Waals surface area contributed by atoms with Crippen molar-refractivity contribution in [2.45, 2.75) is 116 Å². The summed E-state index contributed by atoms with van der Waals surface area (Å²) in [5, 5.41) is 2.57. The van der Waals surface area contributed by atoms with Crippen molar-refractivity contribution in [2.75, 3.05) is 72.0 Å². The minimum atomic E-state index is 0.0908. The predicted molar refractivity (Wildman–Crippen MR) is 477 cm³/mol. The van der Waals surface area contributed by atoms with Crippen LogP contribution in [0.15, 0.2) is 255 Å². The summed E-state index contributed by atoms with van der Waals surface area (Å²) in [6.45, 7) is 45.6. The third-order valence-corrected chi connectivity index (χ3v) is 22.6. The molecule has 0 spiro atoms. The Kier molecular flexibility index (Phi) is 23.9. The number of nitrogens with zero attached hydrogens (tertiary/aromatic N) is 7. The highest BCUT2D eigenvalue weighted by molar-refractivity contribution is 6.11. The van der Waals surface area contributed by atoms with Crippen molar-refractivity contribution in [1.29, 1.82) is 0 Å². The van der Waals surface area contributed by atoms with Crippen LogP contribution < -0.4 is 19.6 Å². The highest BCUT2D eigenvalue weighted by Gasteiger charge is 2.26. The van der Waals surface area contributed by atoms with E-state index in [1.54, 1.807) is 0 Å². The maximum Gasteiger partial charge on any atom is 0.0973 e. The van der Waals surface area contributed by atoms with Crippen LogP contribution in [0.2, 0.25) is 0 Å². The van der Waals surface area contributed by atoms with E-state index in [0.29, 0.717) is 0 Å². The van der Waals surface area contributed by atoms with E-state index < -0.39 is 0 Å². The standard InChI is InChI=1S/C54H56N4.C49H53N3/c1-9-40-20-24-43(25-21-40)53-54(56-51-17-15-14-16-50(51)55-53)44-26-22-41(23-27-44)18-19-42-32-37(6)33-45(36-42)52(48-30-28-46(34-38(48)7)57(10-2)11-3)49-31-29-47(35-39(49)8)58(12-4)13-5;1-9-50(10-2)41-20-22-43(35(7)29-41)49(44-23-21-42(30-36(44)8)51(11-3)12-4)39-27-34(6)26-38(31-39)37-19-25-48-46(32-37)45-28-33(5)18-24-47(45)52(48)40-16-14-13-15-17-40/h9,14-36,52H,1,10-13H2,2-8H3;13-32,49H,9-12H2,1-8H3/b19-18+;. The van der Waals surface area contributed by atoms with Gasteiger partial charge in [-0.05, 0) is 284 Å². The van der Waals surface area contributed by atoms with Gasteiger partial charge < -0.3 is 24.2 Å². The van der Waals surface area contributed by atoms with Crippen molar-refractivity contribution in [3.8, 4) is 39.3 Å². The molecule has 110 heavy (non-hydrogen) atoms. The lowest BCUT2D eigenvalue weighted by atomic mass is 9.79. The van der Waals surface area contributed by atoms with Crippen molar-refractivity contribution in [3.05, 3.63) is 344 Å². The highest BCUT2D eigenvalue weighted by Crippen LogP contribution is 2.44. The topological polar surface area (TPSA) is 43.7 Å². The maximum absolute atomic E-state index is 5.12. The van der Waals surface area contributed by atoms with E-state index >= 15 is 0 Å². The van der Waals surface area contributed by atoms with Crippen LogP contribution in [0.3, 0.4) is 0 Å². The number of para-hydroxylation sites is 3. The number of fused-ring (bicyclic) bond motifs is 4. The van der Waals surface area contributed by atoms with E-state index in [0.717, 1.165) is 97.0 Å². The van der Waals surface area contributed by atoms with Crippen molar-refractivity contribution in [2.24, 2.45) is 0 Å². The van der Waals surface area contributed by atoms with Gasteiger partial charge in [0.05, 0.1) is 33.5 Å². The molecular formula is C103H109N7. The Morgan fingerprint density at radius 3 is 1.13 bits per heavy atom. The lowest BCUT2D eigenvalue weighted by molar-refractivity contribution is 0.859. The van der Waals surface area contributed by atoms with Crippen molar-refractivity contribution in [1.82, 2.24) is 14.5 Å². The molecule has 2 heterocycles. The monoisotopic (exact) mass is 1440 g/mol. The van der Waals surface area contributed by atoms with E-state index in [9.17, 15) is 0 Å². The molecule has 0 N–H and O–H groups in total. The van der Waals surface area contributed by atoms with Crippen LogP contribution in [0, 0.1) is 48.5 Å². The summed E-state index contributed by atoms with van der Waals surface area (Å²) in [4.78, 5) is 19.9. The third-order valence-electron chi connectivity index (χ3n) is 22.6. The summed E-state index contributed by atoms with van der Waals surface area (Å²) < 4.78 is 2.40. The number of aromatic nitrogens is 3. The quantitative estimate of drug-likeness (QED) is 0.0420. The summed E-state index contributed by atoms with van der Waals surface area (Å²) in [6, 6.07) is 92.3. The van der Waals surface area contributed by atoms with Crippen LogP contribution in [-0.4, -0.2) is 66.9 Å². The van der Waals surface area contributed by atoms with Gasteiger partial charge >= 0.3 is 0 Å². The molecular weight excluding hydrogens is 1340 g/mol. The molecule has 0 saturated heterocycles. The molecule has 0 atom stereocenters. The van der Waals surface area contributed by atoms with Crippen LogP contribution in [0.1, 0.15) is 156 Å². The molecule has 12 aromatic carbocycles. The Morgan fingerprint density at radius 2 is 0.700 bits per heavy atom. The van der Waals surface area contributed by atoms with Gasteiger partial charge in [0.1, 0.15) is 0 Å². The summed E-state index contributed by atoms with van der Waals surface area (Å²) in [5.74, 6) is 0.189. The smallest absolute Gasteiger partial charge is 0.0973 e. The normalized spacial score (nSPS) is 11.5. The third kappa shape index (κ3) is 16.3. The first-order valence-corrected chi connectivity index (χ1v) is 40.0. The zero-order valence-electron chi connectivity index (χ0n) is 67.6. The molecule has 7 nitrogen and oxygen atoms in total. The Bertz CT molecular complexity index is 5480. The first-order valence-electron chi connectivity index (χ1n) is 40.0. The number of rotatable bonds is 25. The molecule has 7 heteroatoms. The molecule has 2 aromatic heterocycles. The highest BCUT2D eigenvalue weighted by atomic mass is 15.1. The fourth-order valence-corrected chi connectivity index (χ4v) is 16.7. The van der Waals surface area contributed by atoms with Gasteiger partial charge in [-0.3, -0.25) is 0 Å². The largest absolute Gasteiger partial charge is 0.372 e. The Labute approximate surface area is 655 Å². The molecule has 0 aliphatic rings. The molecule has 556 valence electrons. The van der Waals surface area contributed by atoms with Gasteiger partial charge in [0.2, 0.25) is 0 Å². The molecule has 0 saturated carbocycles. The van der Waals surface area contributed by atoms with Gasteiger partial charge in [-0.25, -0.2) is 9.97 Å². The fourth-order valence-electron chi connectivity index (χ4n) is 16.7. The lowest BCUT2D eigenvalue weighted by Gasteiger charge is -2.28. The molecule has 0 aliphatic carbocycles. The molecule has 0 radical (unpaired) electrons. The van der Waals surface area contributed by atoms with Crippen molar-refractivity contribution in [3.63, 3.8) is 0 Å². The molecule has 0 bridgehead atoms. The summed E-state index contributed by atoms with van der Waals surface area (Å²) in [7, 11) is 0. The molecule has 14 aromatic rings. The number of anilines is 4. The predicted octanol–water partition coefficient (Wildman–Crippen LogP) is 26.1. The van der Waals surface area contributed by atoms with E-state index in [-0.39, 0.29) is 11.8 Å². The minimum absolute atomic E-state index is 0.0908. The lowest BCUT2D eigenvalue weighted by Crippen LogP contribution is -2.22. The minimum Gasteiger partial charge on any atom is -0.372 e. The molecule has 0 aliphatic heterocycles. The van der Waals surface area contributed by atoms with Crippen molar-refractivity contribution >= 4 is 73.8 Å². The van der Waals surface area contributed by atoms with Crippen molar-refractivity contribution < 1.29 is 0 Å². The second-order valence-corrected chi connectivity index (χ2v) is 29.6. The number of benzene rings is 12. The number of aryl methyl sites for hydroxylation is 7. The summed E-state index contributed by atoms with van der Waals surface area (Å²) in [5.41, 5.74) is 37.4. The molecule has 14 rings (SSSR count). The van der Waals surface area contributed by atoms with Gasteiger partial charge in [-0.2, -0.15) is 0 Å². The van der Waals surface area contributed by atoms with Gasteiger partial charge in [0, 0.05) is 115 Å². The SMILES string of the molecule is C=Cc1ccc(-c2nc3ccccc3nc2-c2ccc(/C=C/c3cc(C)cc(C(c4ccc(N(CC)CC)cc4C)c4ccc(N(CC)CC)cc4C)c3)cc2)cc1.CCN(CC)c1ccc(C(c2cc(C)cc(-c3ccc4c(c3)c3cc(C)ccc3n4-c3ccccc3)c2)c2ccc(N(CC)CC)cc2C)c(C)c1. The first-order chi connectivity index (χ1) is 53.5. The van der Waals surface area contributed by atoms with Crippen LogP contribution in [-0.2, 0) is 0 Å². The second-order valence-electron chi connectivity index (χ2n) is 29.6. The average molecular weight is 1450 g/mol. The molecule has 0 unspecified atom stereocenters. The van der Waals surface area contributed by atoms with E-state index in [2.05, 4.69) is 371 Å². The van der Waals surface area contributed by atoms with Crippen LogP contribution in [0.25, 0.3) is 90.4 Å². The van der Waals surface area contributed by atoms with Gasteiger partial charge in [0.25, 0.3) is 0 Å². The number of hydrogen-bond acceptors (Lipinski definition) is 6. The summed E-state index contributed by atoms with van der Waals surface area (Å²) in [6.07, 6.45) is 6.32. The Balaban J connectivity index is 0.000000194. The van der Waals surface area contributed by atoms with Gasteiger partial charge in [0.15, 0.2) is 0 Å². The van der Waals surface area contributed by atoms with Crippen LogP contribution in [0.4, 0.5) is 22.7 Å². The zero-order chi connectivity index (χ0) is 77.3. The Morgan fingerprint density at radius 1 is 0.318 bits per heavy atom. The Hall–Kier alpha value is -11.5. The van der Waals surface area contributed by atoms with E-state index in [1.807, 2.05) is 30.3 Å². The first kappa shape index (κ1) is 76.6.